The first kappa shape index (κ1) is 18.6. The Morgan fingerprint density at radius 1 is 1.37 bits per heavy atom. The molecule has 3 aromatic heterocycles. The number of nitrogens with one attached hydrogen (secondary N) is 1. The Morgan fingerprint density at radius 2 is 2.15 bits per heavy atom. The van der Waals surface area contributed by atoms with Crippen LogP contribution in [-0.2, 0) is 4.74 Å². The number of allylic oxidation sites excluding steroid dienone is 1. The van der Waals surface area contributed by atoms with Gasteiger partial charge >= 0.3 is 0 Å². The van der Waals surface area contributed by atoms with Gasteiger partial charge in [0.25, 0.3) is 0 Å². The van der Waals surface area contributed by atoms with Gasteiger partial charge in [0, 0.05) is 34.6 Å². The van der Waals surface area contributed by atoms with Crippen LogP contribution in [0.1, 0.15) is 11.7 Å². The topological polar surface area (TPSA) is 110 Å². The Balaban J connectivity index is 2.04. The number of rotatable bonds is 7. The molecule has 0 amide bonds. The second-order valence-electron chi connectivity index (χ2n) is 5.54. The van der Waals surface area contributed by atoms with Crippen LogP contribution >= 0.6 is 11.3 Å². The molecule has 3 rings (SSSR count). The number of hydrogen-bond donors (Lipinski definition) is 3. The van der Waals surface area contributed by atoms with Crippen LogP contribution in [0.3, 0.4) is 0 Å². The van der Waals surface area contributed by atoms with Gasteiger partial charge in [-0.25, -0.2) is 0 Å². The van der Waals surface area contributed by atoms with E-state index in [4.69, 9.17) is 10.5 Å². The molecule has 138 valence electrons. The number of nitrogens with two attached hydrogens (primary N) is 1. The Kier molecular flexibility index (Phi) is 5.80. The van der Waals surface area contributed by atoms with Crippen LogP contribution < -0.4 is 5.73 Å². The summed E-state index contributed by atoms with van der Waals surface area (Å²) in [6, 6.07) is 5.74. The summed E-state index contributed by atoms with van der Waals surface area (Å²) >= 11 is 1.50. The average Bonchev–Trinajstić information content (AvgIpc) is 3.38. The van der Waals surface area contributed by atoms with Gasteiger partial charge in [0.2, 0.25) is 0 Å². The molecule has 27 heavy (non-hydrogen) atoms. The molecule has 1 unspecified atom stereocenters. The van der Waals surface area contributed by atoms with E-state index < -0.39 is 6.10 Å². The molecule has 0 aromatic carbocycles. The maximum Gasteiger partial charge on any atom is 0.171 e. The standard InChI is InChI=1S/C19H19N5O2S/c1-12(26-2)3-4-14(10-20)17(25)15-9-16(13-5-7-21-8-6-13)27-18(15)19-22-11-23-24-19/h3-11,17,25H,1,20H2,2H3,(H,22,23,24)/b4-3-,14-10+. The lowest BCUT2D eigenvalue weighted by Crippen LogP contribution is -2.03. The van der Waals surface area contributed by atoms with Crippen molar-refractivity contribution in [2.24, 2.45) is 5.73 Å². The predicted octanol–water partition coefficient (Wildman–Crippen LogP) is 3.19. The SMILES string of the molecule is C=C(/C=C\C(=C/N)C(O)c1cc(-c2ccncc2)sc1-c1nnc[nH]1)OC. The van der Waals surface area contributed by atoms with E-state index in [9.17, 15) is 5.11 Å². The predicted molar refractivity (Wildman–Crippen MR) is 105 cm³/mol. The van der Waals surface area contributed by atoms with E-state index in [-0.39, 0.29) is 0 Å². The Hall–Kier alpha value is -3.23. The van der Waals surface area contributed by atoms with Crippen molar-refractivity contribution in [3.8, 4) is 21.1 Å². The highest BCUT2D eigenvalue weighted by Gasteiger charge is 2.22. The van der Waals surface area contributed by atoms with Gasteiger partial charge in [-0.2, -0.15) is 0 Å². The fourth-order valence-corrected chi connectivity index (χ4v) is 3.59. The van der Waals surface area contributed by atoms with Crippen molar-refractivity contribution in [3.63, 3.8) is 0 Å². The van der Waals surface area contributed by atoms with Crippen molar-refractivity contribution >= 4 is 11.3 Å². The monoisotopic (exact) mass is 381 g/mol. The minimum atomic E-state index is -0.956. The number of aromatic nitrogens is 4. The lowest BCUT2D eigenvalue weighted by molar-refractivity contribution is 0.220. The van der Waals surface area contributed by atoms with Crippen molar-refractivity contribution in [1.29, 1.82) is 0 Å². The molecule has 4 N–H and O–H groups in total. The number of H-pyrrole nitrogens is 1. The van der Waals surface area contributed by atoms with E-state index in [0.29, 0.717) is 22.7 Å². The summed E-state index contributed by atoms with van der Waals surface area (Å²) in [6.45, 7) is 3.73. The number of aromatic amines is 1. The van der Waals surface area contributed by atoms with Crippen molar-refractivity contribution < 1.29 is 9.84 Å². The van der Waals surface area contributed by atoms with Gasteiger partial charge in [-0.15, -0.1) is 21.5 Å². The number of hydrogen-bond acceptors (Lipinski definition) is 7. The molecule has 0 saturated heterocycles. The molecule has 0 aliphatic heterocycles. The Labute approximate surface area is 160 Å². The highest BCUT2D eigenvalue weighted by atomic mass is 32.1. The van der Waals surface area contributed by atoms with Crippen molar-refractivity contribution in [2.45, 2.75) is 6.10 Å². The van der Waals surface area contributed by atoms with Gasteiger partial charge in [-0.05, 0) is 29.8 Å². The van der Waals surface area contributed by atoms with E-state index in [2.05, 4.69) is 26.7 Å². The highest BCUT2D eigenvalue weighted by molar-refractivity contribution is 7.19. The van der Waals surface area contributed by atoms with Gasteiger partial charge < -0.3 is 20.6 Å². The van der Waals surface area contributed by atoms with Gasteiger partial charge in [0.15, 0.2) is 5.82 Å². The number of pyridine rings is 1. The highest BCUT2D eigenvalue weighted by Crippen LogP contribution is 2.41. The second-order valence-corrected chi connectivity index (χ2v) is 6.59. The van der Waals surface area contributed by atoms with Gasteiger partial charge in [0.05, 0.1) is 12.0 Å². The van der Waals surface area contributed by atoms with Crippen LogP contribution in [0.5, 0.6) is 0 Å². The number of ether oxygens (including phenoxy) is 1. The fraction of sp³-hybridized carbons (Fsp3) is 0.105. The van der Waals surface area contributed by atoms with E-state index >= 15 is 0 Å². The number of thiophene rings is 1. The molecule has 0 spiro atoms. The minimum absolute atomic E-state index is 0.458. The van der Waals surface area contributed by atoms with Crippen LogP contribution in [-0.4, -0.2) is 32.4 Å². The lowest BCUT2D eigenvalue weighted by Gasteiger charge is -2.12. The zero-order chi connectivity index (χ0) is 19.2. The minimum Gasteiger partial charge on any atom is -0.497 e. The number of methoxy groups -OCH3 is 1. The van der Waals surface area contributed by atoms with E-state index in [1.165, 1.54) is 31.0 Å². The van der Waals surface area contributed by atoms with Crippen LogP contribution in [0.4, 0.5) is 0 Å². The molecule has 8 heteroatoms. The third-order valence-corrected chi connectivity index (χ3v) is 5.09. The summed E-state index contributed by atoms with van der Waals surface area (Å²) in [6.07, 6.45) is 8.67. The second kappa shape index (κ2) is 8.43. The van der Waals surface area contributed by atoms with E-state index in [1.54, 1.807) is 24.5 Å². The molecule has 7 nitrogen and oxygen atoms in total. The van der Waals surface area contributed by atoms with Crippen molar-refractivity contribution in [2.75, 3.05) is 7.11 Å². The molecule has 0 bridgehead atoms. The van der Waals surface area contributed by atoms with E-state index in [0.717, 1.165) is 15.3 Å². The molecule has 1 atom stereocenters. The summed E-state index contributed by atoms with van der Waals surface area (Å²) in [5.41, 5.74) is 7.92. The summed E-state index contributed by atoms with van der Waals surface area (Å²) in [5.74, 6) is 1.04. The quantitative estimate of drug-likeness (QED) is 0.428. The van der Waals surface area contributed by atoms with E-state index in [1.807, 2.05) is 18.2 Å². The first-order chi connectivity index (χ1) is 13.1. The first-order valence-electron chi connectivity index (χ1n) is 8.05. The smallest absolute Gasteiger partial charge is 0.171 e. The first-order valence-corrected chi connectivity index (χ1v) is 8.87. The van der Waals surface area contributed by atoms with Crippen molar-refractivity contribution in [3.05, 3.63) is 78.7 Å². The maximum absolute atomic E-state index is 11.0. The average molecular weight is 381 g/mol. The maximum atomic E-state index is 11.0. The number of aliphatic hydroxyl groups excluding tert-OH is 1. The summed E-state index contributed by atoms with van der Waals surface area (Å²) in [4.78, 5) is 8.79. The molecular weight excluding hydrogens is 362 g/mol. The molecule has 0 aliphatic rings. The van der Waals surface area contributed by atoms with Crippen LogP contribution in [0.25, 0.3) is 21.1 Å². The Bertz CT molecular complexity index is 961. The largest absolute Gasteiger partial charge is 0.497 e. The van der Waals surface area contributed by atoms with Gasteiger partial charge in [0.1, 0.15) is 18.2 Å². The summed E-state index contributed by atoms with van der Waals surface area (Å²) in [7, 11) is 1.52. The van der Waals surface area contributed by atoms with Crippen LogP contribution in [0, 0.1) is 0 Å². The number of aliphatic hydroxyl groups is 1. The van der Waals surface area contributed by atoms with Crippen LogP contribution in [0.2, 0.25) is 0 Å². The Morgan fingerprint density at radius 3 is 2.78 bits per heavy atom. The zero-order valence-electron chi connectivity index (χ0n) is 14.7. The molecule has 0 fully saturated rings. The molecule has 3 heterocycles. The fourth-order valence-electron chi connectivity index (χ4n) is 2.44. The number of nitrogens with zero attached hydrogens (tertiary/aromatic N) is 3. The molecular formula is C19H19N5O2S. The molecule has 0 saturated carbocycles. The lowest BCUT2D eigenvalue weighted by atomic mass is 10.0. The van der Waals surface area contributed by atoms with Crippen LogP contribution in [0.15, 0.2) is 73.2 Å². The summed E-state index contributed by atoms with van der Waals surface area (Å²) in [5, 5.41) is 18.9. The molecule has 0 radical (unpaired) electrons. The third kappa shape index (κ3) is 4.13. The molecule has 3 aromatic rings. The zero-order valence-corrected chi connectivity index (χ0v) is 15.5. The van der Waals surface area contributed by atoms with Gasteiger partial charge in [-0.1, -0.05) is 12.7 Å². The van der Waals surface area contributed by atoms with Gasteiger partial charge in [-0.3, -0.25) is 4.98 Å². The normalized spacial score (nSPS) is 13.0. The third-order valence-electron chi connectivity index (χ3n) is 3.88. The van der Waals surface area contributed by atoms with Crippen molar-refractivity contribution in [1.82, 2.24) is 20.2 Å². The summed E-state index contributed by atoms with van der Waals surface area (Å²) < 4.78 is 5.02. The molecule has 0 aliphatic carbocycles.